The van der Waals surface area contributed by atoms with E-state index in [0.29, 0.717) is 5.82 Å². The van der Waals surface area contributed by atoms with Crippen molar-refractivity contribution < 1.29 is 8.42 Å². The van der Waals surface area contributed by atoms with Gasteiger partial charge in [0.15, 0.2) is 0 Å². The van der Waals surface area contributed by atoms with Crippen molar-refractivity contribution in [2.75, 3.05) is 10.5 Å². The Bertz CT molecular complexity index is 650. The van der Waals surface area contributed by atoms with E-state index < -0.39 is 10.0 Å². The summed E-state index contributed by atoms with van der Waals surface area (Å²) in [4.78, 5) is 0. The number of nitrogens with one attached hydrogen (secondary N) is 2. The van der Waals surface area contributed by atoms with E-state index in [1.807, 2.05) is 44.2 Å². The molecule has 0 spiro atoms. The molecule has 2 rings (SSSR count). The van der Waals surface area contributed by atoms with Gasteiger partial charge in [-0.15, -0.1) is 0 Å². The zero-order valence-corrected chi connectivity index (χ0v) is 12.4. The molecule has 0 aliphatic carbocycles. The maximum absolute atomic E-state index is 12.2. The molecule has 0 aliphatic rings. The van der Waals surface area contributed by atoms with Crippen LogP contribution in [-0.4, -0.2) is 24.4 Å². The Balaban J connectivity index is 2.08. The van der Waals surface area contributed by atoms with E-state index in [-0.39, 0.29) is 11.7 Å². The number of sulfonamides is 1. The van der Waals surface area contributed by atoms with E-state index in [2.05, 4.69) is 14.9 Å². The number of benzene rings is 1. The third kappa shape index (κ3) is 3.60. The van der Waals surface area contributed by atoms with Crippen LogP contribution in [0, 0.1) is 0 Å². The summed E-state index contributed by atoms with van der Waals surface area (Å²) >= 11 is 0. The van der Waals surface area contributed by atoms with E-state index in [0.717, 1.165) is 17.5 Å². The van der Waals surface area contributed by atoms with E-state index in [4.69, 9.17) is 0 Å². The standard InChI is InChI=1S/C14H19N3O2S/c1-3-12-9-15-16-14(12)17-20(18,19)10-11(2)13-7-5-4-6-8-13/h4-9,11H,3,10H2,1-2H3,(H2,15,16,17). The van der Waals surface area contributed by atoms with Crippen LogP contribution in [0.2, 0.25) is 0 Å². The molecule has 0 bridgehead atoms. The predicted octanol–water partition coefficient (Wildman–Crippen LogP) is 2.52. The first kappa shape index (κ1) is 14.6. The molecule has 1 atom stereocenters. The molecule has 1 aromatic heterocycles. The fourth-order valence-corrected chi connectivity index (χ4v) is 3.49. The maximum Gasteiger partial charge on any atom is 0.234 e. The van der Waals surface area contributed by atoms with Crippen LogP contribution >= 0.6 is 0 Å². The number of H-pyrrole nitrogens is 1. The Kier molecular flexibility index (Phi) is 4.44. The van der Waals surface area contributed by atoms with Crippen LogP contribution in [0.3, 0.4) is 0 Å². The minimum absolute atomic E-state index is 0.0409. The van der Waals surface area contributed by atoms with Crippen LogP contribution in [0.5, 0.6) is 0 Å². The number of aryl methyl sites for hydroxylation is 1. The van der Waals surface area contributed by atoms with Crippen molar-refractivity contribution in [1.82, 2.24) is 10.2 Å². The second-order valence-corrected chi connectivity index (χ2v) is 6.59. The van der Waals surface area contributed by atoms with Gasteiger partial charge in [-0.05, 0) is 17.9 Å². The molecule has 0 amide bonds. The third-order valence-corrected chi connectivity index (χ3v) is 4.65. The molecule has 0 fully saturated rings. The monoisotopic (exact) mass is 293 g/mol. The highest BCUT2D eigenvalue weighted by Gasteiger charge is 2.18. The number of aromatic nitrogens is 2. The fourth-order valence-electron chi connectivity index (χ4n) is 2.07. The summed E-state index contributed by atoms with van der Waals surface area (Å²) in [5.74, 6) is 0.439. The van der Waals surface area contributed by atoms with Crippen LogP contribution in [0.1, 0.15) is 30.9 Å². The highest BCUT2D eigenvalue weighted by Crippen LogP contribution is 2.19. The Morgan fingerprint density at radius 3 is 2.65 bits per heavy atom. The Morgan fingerprint density at radius 1 is 1.30 bits per heavy atom. The largest absolute Gasteiger partial charge is 0.267 e. The van der Waals surface area contributed by atoms with Gasteiger partial charge < -0.3 is 0 Å². The molecule has 1 unspecified atom stereocenters. The highest BCUT2D eigenvalue weighted by molar-refractivity contribution is 7.92. The quantitative estimate of drug-likeness (QED) is 0.859. The van der Waals surface area contributed by atoms with Crippen LogP contribution in [-0.2, 0) is 16.4 Å². The van der Waals surface area contributed by atoms with Crippen molar-refractivity contribution in [3.8, 4) is 0 Å². The zero-order valence-electron chi connectivity index (χ0n) is 11.6. The maximum atomic E-state index is 12.2. The van der Waals surface area contributed by atoms with Gasteiger partial charge in [0.2, 0.25) is 10.0 Å². The summed E-state index contributed by atoms with van der Waals surface area (Å²) in [6.07, 6.45) is 2.36. The van der Waals surface area contributed by atoms with Gasteiger partial charge in [0, 0.05) is 5.56 Å². The van der Waals surface area contributed by atoms with Crippen molar-refractivity contribution in [3.05, 3.63) is 47.7 Å². The molecule has 1 heterocycles. The highest BCUT2D eigenvalue weighted by atomic mass is 32.2. The normalized spacial score (nSPS) is 13.1. The zero-order chi connectivity index (χ0) is 14.6. The molecule has 5 nitrogen and oxygen atoms in total. The summed E-state index contributed by atoms with van der Waals surface area (Å²) in [7, 11) is -3.41. The second kappa shape index (κ2) is 6.09. The van der Waals surface area contributed by atoms with Gasteiger partial charge in [0.05, 0.1) is 11.9 Å². The lowest BCUT2D eigenvalue weighted by Gasteiger charge is -2.13. The fraction of sp³-hybridized carbons (Fsp3) is 0.357. The molecular weight excluding hydrogens is 274 g/mol. The van der Waals surface area contributed by atoms with E-state index in [9.17, 15) is 8.42 Å². The van der Waals surface area contributed by atoms with Gasteiger partial charge in [0.25, 0.3) is 0 Å². The Labute approximate surface area is 119 Å². The van der Waals surface area contributed by atoms with Crippen LogP contribution in [0.15, 0.2) is 36.5 Å². The van der Waals surface area contributed by atoms with E-state index in [1.54, 1.807) is 6.20 Å². The van der Waals surface area contributed by atoms with Gasteiger partial charge in [-0.25, -0.2) is 8.42 Å². The SMILES string of the molecule is CCc1cn[nH]c1NS(=O)(=O)CC(C)c1ccccc1. The minimum Gasteiger partial charge on any atom is -0.267 e. The topological polar surface area (TPSA) is 74.8 Å². The van der Waals surface area contributed by atoms with Gasteiger partial charge >= 0.3 is 0 Å². The van der Waals surface area contributed by atoms with Crippen molar-refractivity contribution in [3.63, 3.8) is 0 Å². The molecule has 0 radical (unpaired) electrons. The Hall–Kier alpha value is -1.82. The predicted molar refractivity (Wildman–Crippen MR) is 80.2 cm³/mol. The number of rotatable bonds is 6. The first-order valence-corrected chi connectivity index (χ1v) is 8.24. The molecular formula is C14H19N3O2S. The third-order valence-electron chi connectivity index (χ3n) is 3.19. The summed E-state index contributed by atoms with van der Waals surface area (Å²) in [6.45, 7) is 3.86. The van der Waals surface area contributed by atoms with Crippen molar-refractivity contribution >= 4 is 15.8 Å². The summed E-state index contributed by atoms with van der Waals surface area (Å²) in [6, 6.07) is 9.62. The molecule has 20 heavy (non-hydrogen) atoms. The lowest BCUT2D eigenvalue weighted by molar-refractivity contribution is 0.595. The number of nitrogens with zero attached hydrogens (tertiary/aromatic N) is 1. The molecule has 6 heteroatoms. The average Bonchev–Trinajstić information content (AvgIpc) is 2.85. The van der Waals surface area contributed by atoms with E-state index >= 15 is 0 Å². The summed E-state index contributed by atoms with van der Waals surface area (Å²) in [5.41, 5.74) is 1.87. The number of aromatic amines is 1. The van der Waals surface area contributed by atoms with Crippen molar-refractivity contribution in [2.24, 2.45) is 0 Å². The molecule has 0 saturated heterocycles. The first-order chi connectivity index (χ1) is 9.52. The second-order valence-electron chi connectivity index (χ2n) is 4.82. The Morgan fingerprint density at radius 2 is 2.00 bits per heavy atom. The average molecular weight is 293 g/mol. The summed E-state index contributed by atoms with van der Waals surface area (Å²) < 4.78 is 27.0. The first-order valence-electron chi connectivity index (χ1n) is 6.59. The van der Waals surface area contributed by atoms with Crippen molar-refractivity contribution in [2.45, 2.75) is 26.2 Å². The molecule has 1 aromatic carbocycles. The van der Waals surface area contributed by atoms with Crippen LogP contribution in [0.4, 0.5) is 5.82 Å². The lowest BCUT2D eigenvalue weighted by Crippen LogP contribution is -2.21. The summed E-state index contributed by atoms with van der Waals surface area (Å²) in [5, 5.41) is 6.55. The molecule has 2 N–H and O–H groups in total. The van der Waals surface area contributed by atoms with Gasteiger partial charge in [-0.2, -0.15) is 5.10 Å². The number of hydrogen-bond donors (Lipinski definition) is 2. The van der Waals surface area contributed by atoms with Gasteiger partial charge in [-0.3, -0.25) is 9.82 Å². The van der Waals surface area contributed by atoms with E-state index in [1.165, 1.54) is 0 Å². The molecule has 2 aromatic rings. The van der Waals surface area contributed by atoms with Crippen LogP contribution < -0.4 is 4.72 Å². The van der Waals surface area contributed by atoms with Crippen LogP contribution in [0.25, 0.3) is 0 Å². The molecule has 0 saturated carbocycles. The van der Waals surface area contributed by atoms with Gasteiger partial charge in [-0.1, -0.05) is 44.2 Å². The number of anilines is 1. The van der Waals surface area contributed by atoms with Crippen molar-refractivity contribution in [1.29, 1.82) is 0 Å². The molecule has 0 aliphatic heterocycles. The van der Waals surface area contributed by atoms with Gasteiger partial charge in [0.1, 0.15) is 5.82 Å². The smallest absolute Gasteiger partial charge is 0.234 e. The lowest BCUT2D eigenvalue weighted by atomic mass is 10.0. The number of hydrogen-bond acceptors (Lipinski definition) is 3. The minimum atomic E-state index is -3.41. The molecule has 108 valence electrons.